The predicted octanol–water partition coefficient (Wildman–Crippen LogP) is 5.46. The van der Waals surface area contributed by atoms with Crippen LogP contribution in [-0.2, 0) is 21.6 Å². The second kappa shape index (κ2) is 9.24. The van der Waals surface area contributed by atoms with E-state index in [-0.39, 0.29) is 28.3 Å². The van der Waals surface area contributed by atoms with Gasteiger partial charge in [0, 0.05) is 30.7 Å². The molecule has 0 atom stereocenters. The minimum Gasteiger partial charge on any atom is -0.339 e. The summed E-state index contributed by atoms with van der Waals surface area (Å²) in [6, 6.07) is 10.9. The highest BCUT2D eigenvalue weighted by atomic mass is 32.2. The molecule has 2 fully saturated rings. The first-order valence-corrected chi connectivity index (χ1v) is 13.3. The lowest BCUT2D eigenvalue weighted by atomic mass is 9.86. The van der Waals surface area contributed by atoms with Crippen molar-refractivity contribution in [2.75, 3.05) is 13.1 Å². The zero-order valence-electron chi connectivity index (χ0n) is 20.2. The fourth-order valence-corrected chi connectivity index (χ4v) is 6.57. The van der Waals surface area contributed by atoms with Crippen LogP contribution in [0.15, 0.2) is 53.4 Å². The molecule has 0 spiro atoms. The third-order valence-corrected chi connectivity index (χ3v) is 8.75. The van der Waals surface area contributed by atoms with Crippen molar-refractivity contribution in [1.82, 2.24) is 9.21 Å². The van der Waals surface area contributed by atoms with Crippen LogP contribution in [0.25, 0.3) is 0 Å². The van der Waals surface area contributed by atoms with Gasteiger partial charge in [-0.25, -0.2) is 8.42 Å². The molecule has 1 aliphatic carbocycles. The zero-order valence-corrected chi connectivity index (χ0v) is 21.0. The average Bonchev–Trinajstić information content (AvgIpc) is 3.63. The molecular weight excluding hydrogens is 477 g/mol. The van der Waals surface area contributed by atoms with Gasteiger partial charge in [-0.05, 0) is 67.0 Å². The number of benzene rings is 2. The van der Waals surface area contributed by atoms with Gasteiger partial charge in [0.2, 0.25) is 10.0 Å². The molecule has 0 radical (unpaired) electrons. The van der Waals surface area contributed by atoms with E-state index in [1.54, 1.807) is 4.90 Å². The van der Waals surface area contributed by atoms with Crippen molar-refractivity contribution in [2.45, 2.75) is 75.0 Å². The summed E-state index contributed by atoms with van der Waals surface area (Å²) < 4.78 is 67.8. The number of nitrogens with zero attached hydrogens (tertiary/aromatic N) is 2. The fourth-order valence-electron chi connectivity index (χ4n) is 4.59. The van der Waals surface area contributed by atoms with Gasteiger partial charge in [0.1, 0.15) is 0 Å². The van der Waals surface area contributed by atoms with Crippen LogP contribution in [0.3, 0.4) is 0 Å². The fraction of sp³-hybridized carbons (Fsp3) is 0.500. The number of alkyl halides is 3. The minimum absolute atomic E-state index is 0.0166. The number of carbonyl (C=O) groups is 1. The smallest absolute Gasteiger partial charge is 0.339 e. The van der Waals surface area contributed by atoms with Gasteiger partial charge in [-0.15, -0.1) is 0 Å². The minimum atomic E-state index is -4.62. The van der Waals surface area contributed by atoms with Crippen molar-refractivity contribution in [2.24, 2.45) is 0 Å². The Balaban J connectivity index is 1.48. The monoisotopic (exact) mass is 508 g/mol. The highest BCUT2D eigenvalue weighted by Crippen LogP contribution is 2.38. The maximum atomic E-state index is 13.4. The average molecular weight is 509 g/mol. The zero-order chi connectivity index (χ0) is 25.6. The molecule has 9 heteroatoms. The molecule has 2 aliphatic rings. The van der Waals surface area contributed by atoms with Crippen molar-refractivity contribution < 1.29 is 26.4 Å². The predicted molar refractivity (Wildman–Crippen MR) is 128 cm³/mol. The molecule has 5 nitrogen and oxygen atoms in total. The van der Waals surface area contributed by atoms with Crippen molar-refractivity contribution in [3.05, 3.63) is 65.2 Å². The molecule has 0 aromatic heterocycles. The summed E-state index contributed by atoms with van der Waals surface area (Å²) in [5.74, 6) is -0.0948. The largest absolute Gasteiger partial charge is 0.416 e. The van der Waals surface area contributed by atoms with Crippen LogP contribution in [0, 0.1) is 0 Å². The maximum absolute atomic E-state index is 13.4. The van der Waals surface area contributed by atoms with Gasteiger partial charge in [0.15, 0.2) is 0 Å². The number of sulfonamides is 1. The van der Waals surface area contributed by atoms with E-state index in [9.17, 15) is 26.4 Å². The first kappa shape index (κ1) is 25.7. The first-order chi connectivity index (χ1) is 16.3. The molecule has 1 saturated carbocycles. The van der Waals surface area contributed by atoms with E-state index in [0.29, 0.717) is 50.4 Å². The quantitative estimate of drug-likeness (QED) is 0.539. The Morgan fingerprint density at radius 1 is 0.886 bits per heavy atom. The molecule has 0 N–H and O–H groups in total. The number of halogens is 3. The van der Waals surface area contributed by atoms with Crippen LogP contribution >= 0.6 is 0 Å². The third-order valence-electron chi connectivity index (χ3n) is 6.75. The van der Waals surface area contributed by atoms with E-state index in [0.717, 1.165) is 17.7 Å². The number of piperidine rings is 1. The molecule has 2 aromatic carbocycles. The number of rotatable bonds is 5. The molecule has 4 rings (SSSR count). The van der Waals surface area contributed by atoms with Crippen LogP contribution in [0.2, 0.25) is 0 Å². The van der Waals surface area contributed by atoms with Crippen molar-refractivity contribution in [3.8, 4) is 0 Å². The third kappa shape index (κ3) is 5.56. The summed E-state index contributed by atoms with van der Waals surface area (Å²) >= 11 is 0. The highest BCUT2D eigenvalue weighted by Gasteiger charge is 2.44. The topological polar surface area (TPSA) is 57.7 Å². The van der Waals surface area contributed by atoms with Crippen LogP contribution in [0.5, 0.6) is 0 Å². The van der Waals surface area contributed by atoms with Gasteiger partial charge in [-0.2, -0.15) is 17.5 Å². The molecule has 35 heavy (non-hydrogen) atoms. The summed E-state index contributed by atoms with van der Waals surface area (Å²) in [6.07, 6.45) is -2.34. The van der Waals surface area contributed by atoms with E-state index >= 15 is 0 Å². The summed E-state index contributed by atoms with van der Waals surface area (Å²) in [7, 11) is -4.10. The Labute approximate surface area is 205 Å². The Hall–Kier alpha value is -2.39. The Bertz CT molecular complexity index is 1180. The second-order valence-corrected chi connectivity index (χ2v) is 12.3. The summed E-state index contributed by atoms with van der Waals surface area (Å²) in [6.45, 7) is 7.10. The van der Waals surface area contributed by atoms with E-state index in [2.05, 4.69) is 20.8 Å². The number of hydrogen-bond acceptors (Lipinski definition) is 3. The van der Waals surface area contributed by atoms with Gasteiger partial charge in [0.25, 0.3) is 5.91 Å². The number of likely N-dealkylation sites (tertiary alicyclic amines) is 1. The highest BCUT2D eigenvalue weighted by molar-refractivity contribution is 7.89. The Morgan fingerprint density at radius 3 is 1.97 bits per heavy atom. The van der Waals surface area contributed by atoms with Crippen LogP contribution in [-0.4, -0.2) is 48.7 Å². The van der Waals surface area contributed by atoms with Crippen LogP contribution < -0.4 is 0 Å². The summed E-state index contributed by atoms with van der Waals surface area (Å²) in [4.78, 5) is 14.4. The SMILES string of the molecule is CC(C)(C)c1ccc(C(=O)N2CCC(N(C3CC3)S(=O)(=O)c3cccc(C(F)(F)F)c3)CC2)cc1. The van der Waals surface area contributed by atoms with Crippen LogP contribution in [0.1, 0.15) is 67.9 Å². The lowest BCUT2D eigenvalue weighted by Crippen LogP contribution is -2.49. The van der Waals surface area contributed by atoms with Gasteiger partial charge < -0.3 is 4.90 Å². The molecule has 1 amide bonds. The molecule has 0 unspecified atom stereocenters. The second-order valence-electron chi connectivity index (χ2n) is 10.4. The number of hydrogen-bond donors (Lipinski definition) is 0. The van der Waals surface area contributed by atoms with E-state index < -0.39 is 21.8 Å². The van der Waals surface area contributed by atoms with Gasteiger partial charge in [-0.3, -0.25) is 4.79 Å². The molecule has 0 bridgehead atoms. The van der Waals surface area contributed by atoms with E-state index in [1.165, 1.54) is 10.4 Å². The van der Waals surface area contributed by atoms with Gasteiger partial charge in [0.05, 0.1) is 10.5 Å². The first-order valence-electron chi connectivity index (χ1n) is 11.9. The summed E-state index contributed by atoms with van der Waals surface area (Å²) in [5, 5.41) is 0. The lowest BCUT2D eigenvalue weighted by molar-refractivity contribution is -0.137. The molecule has 1 saturated heterocycles. The lowest BCUT2D eigenvalue weighted by Gasteiger charge is -2.38. The molecule has 190 valence electrons. The van der Waals surface area contributed by atoms with Gasteiger partial charge in [-0.1, -0.05) is 39.0 Å². The van der Waals surface area contributed by atoms with E-state index in [1.807, 2.05) is 24.3 Å². The standard InChI is InChI=1S/C26H31F3N2O3S/c1-25(2,3)19-9-7-18(8-10-19)24(32)30-15-13-22(14-16-30)31(21-11-12-21)35(33,34)23-6-4-5-20(17-23)26(27,28)29/h4-10,17,21-22H,11-16H2,1-3H3. The molecule has 2 aromatic rings. The molecule has 1 aliphatic heterocycles. The number of amides is 1. The maximum Gasteiger partial charge on any atom is 0.416 e. The van der Waals surface area contributed by atoms with Crippen molar-refractivity contribution >= 4 is 15.9 Å². The normalized spacial score (nSPS) is 18.2. The van der Waals surface area contributed by atoms with Crippen molar-refractivity contribution in [3.63, 3.8) is 0 Å². The Morgan fingerprint density at radius 2 is 1.46 bits per heavy atom. The van der Waals surface area contributed by atoms with Crippen molar-refractivity contribution in [1.29, 1.82) is 0 Å². The number of carbonyl (C=O) groups excluding carboxylic acids is 1. The molecule has 1 heterocycles. The summed E-state index contributed by atoms with van der Waals surface area (Å²) in [5.41, 5.74) is 0.726. The Kier molecular flexibility index (Phi) is 6.79. The van der Waals surface area contributed by atoms with Gasteiger partial charge >= 0.3 is 6.18 Å². The molecular formula is C26H31F3N2O3S. The van der Waals surface area contributed by atoms with Crippen LogP contribution in [0.4, 0.5) is 13.2 Å². The van der Waals surface area contributed by atoms with E-state index in [4.69, 9.17) is 0 Å².